The summed E-state index contributed by atoms with van der Waals surface area (Å²) < 4.78 is 38.2. The highest BCUT2D eigenvalue weighted by Gasteiger charge is 2.39. The SMILES string of the molecule is CC(C)(C=C(C#N)C(=O)N1CCCC[C@@H]1COC(=O)NC(Cc1coc2ccccc12)B(O)O)N1CCC(F)(F)CC1. The molecule has 2 fully saturated rings. The van der Waals surface area contributed by atoms with Gasteiger partial charge in [0.15, 0.2) is 0 Å². The topological polar surface area (TPSA) is 139 Å². The maximum atomic E-state index is 13.7. The van der Waals surface area contributed by atoms with Crippen molar-refractivity contribution in [1.82, 2.24) is 15.1 Å². The number of hydrogen-bond donors (Lipinski definition) is 3. The van der Waals surface area contributed by atoms with Crippen LogP contribution in [0.2, 0.25) is 0 Å². The van der Waals surface area contributed by atoms with Crippen LogP contribution in [-0.2, 0) is 16.0 Å². The number of ether oxygens (including phenoxy) is 1. The number of nitrogens with zero attached hydrogens (tertiary/aromatic N) is 3. The molecule has 4 rings (SSSR count). The number of nitrogens with one attached hydrogen (secondary N) is 1. The maximum Gasteiger partial charge on any atom is 0.475 e. The number of piperidine rings is 2. The highest BCUT2D eigenvalue weighted by atomic mass is 19.3. The van der Waals surface area contributed by atoms with Crippen molar-refractivity contribution in [2.24, 2.45) is 0 Å². The second-order valence-electron chi connectivity index (χ2n) is 11.5. The minimum atomic E-state index is -2.71. The molecule has 2 aromatic rings. The molecular formula is C29H37BF2N4O6. The Hall–Kier alpha value is -3.47. The van der Waals surface area contributed by atoms with Gasteiger partial charge in [0.1, 0.15) is 23.8 Å². The molecule has 0 spiro atoms. The first-order chi connectivity index (χ1) is 19.9. The molecule has 10 nitrogen and oxygen atoms in total. The third kappa shape index (κ3) is 7.67. The van der Waals surface area contributed by atoms with Crippen LogP contribution in [0.5, 0.6) is 0 Å². The van der Waals surface area contributed by atoms with Crippen molar-refractivity contribution in [3.63, 3.8) is 0 Å². The zero-order valence-corrected chi connectivity index (χ0v) is 23.9. The van der Waals surface area contributed by atoms with E-state index in [4.69, 9.17) is 9.15 Å². The van der Waals surface area contributed by atoms with E-state index in [-0.39, 0.29) is 44.5 Å². The number of alkyl carbamates (subject to hydrolysis) is 1. The molecule has 226 valence electrons. The van der Waals surface area contributed by atoms with Gasteiger partial charge in [0, 0.05) is 43.4 Å². The summed E-state index contributed by atoms with van der Waals surface area (Å²) in [5, 5.41) is 32.9. The van der Waals surface area contributed by atoms with Gasteiger partial charge in [0.25, 0.3) is 11.8 Å². The van der Waals surface area contributed by atoms with Crippen LogP contribution < -0.4 is 5.32 Å². The van der Waals surface area contributed by atoms with E-state index in [2.05, 4.69) is 5.32 Å². The van der Waals surface area contributed by atoms with Gasteiger partial charge in [-0.05, 0) is 57.2 Å². The maximum absolute atomic E-state index is 13.7. The van der Waals surface area contributed by atoms with Crippen molar-refractivity contribution in [3.8, 4) is 6.07 Å². The summed E-state index contributed by atoms with van der Waals surface area (Å²) in [6.45, 7) is 4.11. The first-order valence-electron chi connectivity index (χ1n) is 14.2. The van der Waals surface area contributed by atoms with Crippen LogP contribution in [0, 0.1) is 11.3 Å². The van der Waals surface area contributed by atoms with Gasteiger partial charge < -0.3 is 29.4 Å². The lowest BCUT2D eigenvalue weighted by molar-refractivity contribution is -0.131. The number of alkyl halides is 2. The molecule has 2 saturated heterocycles. The van der Waals surface area contributed by atoms with Crippen LogP contribution in [0.25, 0.3) is 11.0 Å². The van der Waals surface area contributed by atoms with Crippen LogP contribution in [0.15, 0.2) is 46.6 Å². The standard InChI is InChI=1S/C29H37BF2N4O6/c1-28(2,35-13-10-29(31,32)11-14-35)16-21(17-33)26(37)36-12-6-5-7-22(36)19-42-27(38)34-25(30(39)40)15-20-18-41-24-9-4-3-8-23(20)24/h3-4,8-9,16,18,22,25,39-40H,5-7,10-15,19H2,1-2H3,(H,34,38)/t22-,25?/m1/s1. The quantitative estimate of drug-likeness (QED) is 0.231. The van der Waals surface area contributed by atoms with Gasteiger partial charge in [0.05, 0.1) is 18.2 Å². The Morgan fingerprint density at radius 2 is 1.98 bits per heavy atom. The van der Waals surface area contributed by atoms with Gasteiger partial charge in [0.2, 0.25) is 0 Å². The van der Waals surface area contributed by atoms with Crippen LogP contribution >= 0.6 is 0 Å². The number of benzene rings is 1. The molecule has 0 bridgehead atoms. The molecule has 1 unspecified atom stereocenters. The molecule has 2 aliphatic heterocycles. The molecule has 1 aromatic carbocycles. The number of nitriles is 1. The smallest absolute Gasteiger partial charge is 0.464 e. The number of carbonyl (C=O) groups is 2. The summed E-state index contributed by atoms with van der Waals surface area (Å²) in [5.41, 5.74) is 0.434. The summed E-state index contributed by atoms with van der Waals surface area (Å²) in [7, 11) is -1.86. The predicted molar refractivity (Wildman–Crippen MR) is 151 cm³/mol. The Bertz CT molecular complexity index is 1330. The minimum Gasteiger partial charge on any atom is -0.464 e. The number of hydrogen-bond acceptors (Lipinski definition) is 8. The number of rotatable bonds is 9. The lowest BCUT2D eigenvalue weighted by Gasteiger charge is -2.41. The van der Waals surface area contributed by atoms with Crippen LogP contribution in [0.3, 0.4) is 0 Å². The second-order valence-corrected chi connectivity index (χ2v) is 11.5. The van der Waals surface area contributed by atoms with E-state index in [1.165, 1.54) is 17.2 Å². The molecule has 0 saturated carbocycles. The first kappa shape index (κ1) is 31.5. The number of likely N-dealkylation sites (tertiary alicyclic amines) is 2. The fourth-order valence-electron chi connectivity index (χ4n) is 5.62. The highest BCUT2D eigenvalue weighted by Crippen LogP contribution is 2.32. The van der Waals surface area contributed by atoms with Gasteiger partial charge in [-0.1, -0.05) is 18.2 Å². The first-order valence-corrected chi connectivity index (χ1v) is 14.2. The van der Waals surface area contributed by atoms with E-state index < -0.39 is 42.6 Å². The van der Waals surface area contributed by atoms with Gasteiger partial charge in [-0.15, -0.1) is 0 Å². The van der Waals surface area contributed by atoms with Gasteiger partial charge in [-0.3, -0.25) is 9.69 Å². The van der Waals surface area contributed by atoms with Crippen LogP contribution in [0.1, 0.15) is 51.5 Å². The Morgan fingerprint density at radius 3 is 2.67 bits per heavy atom. The summed E-state index contributed by atoms with van der Waals surface area (Å²) >= 11 is 0. The molecule has 0 radical (unpaired) electrons. The number of furan rings is 1. The van der Waals surface area contributed by atoms with Crippen molar-refractivity contribution in [2.45, 2.75) is 75.8 Å². The Balaban J connectivity index is 1.37. The lowest BCUT2D eigenvalue weighted by Crippen LogP contribution is -2.51. The normalized spacial score (nSPS) is 20.5. The van der Waals surface area contributed by atoms with Crippen molar-refractivity contribution < 1.29 is 37.6 Å². The van der Waals surface area contributed by atoms with Gasteiger partial charge in [-0.25, -0.2) is 13.6 Å². The number of amides is 2. The van der Waals surface area contributed by atoms with E-state index in [9.17, 15) is 33.7 Å². The van der Waals surface area contributed by atoms with Crippen molar-refractivity contribution in [3.05, 3.63) is 47.7 Å². The van der Waals surface area contributed by atoms with E-state index in [0.717, 1.165) is 18.2 Å². The lowest BCUT2D eigenvalue weighted by atomic mass is 9.76. The van der Waals surface area contributed by atoms with Crippen molar-refractivity contribution in [1.29, 1.82) is 5.26 Å². The molecular weight excluding hydrogens is 549 g/mol. The number of carbonyl (C=O) groups excluding carboxylic acids is 2. The molecule has 1 aromatic heterocycles. The molecule has 3 N–H and O–H groups in total. The highest BCUT2D eigenvalue weighted by molar-refractivity contribution is 6.43. The fourth-order valence-corrected chi connectivity index (χ4v) is 5.62. The monoisotopic (exact) mass is 586 g/mol. The number of fused-ring (bicyclic) bond motifs is 1. The van der Waals surface area contributed by atoms with Crippen LogP contribution in [-0.4, -0.2) is 88.7 Å². The summed E-state index contributed by atoms with van der Waals surface area (Å²) in [6, 6.07) is 8.75. The zero-order chi connectivity index (χ0) is 30.5. The van der Waals surface area contributed by atoms with E-state index in [1.54, 1.807) is 19.9 Å². The zero-order valence-electron chi connectivity index (χ0n) is 23.9. The molecule has 0 aliphatic carbocycles. The minimum absolute atomic E-state index is 0.0819. The third-order valence-corrected chi connectivity index (χ3v) is 8.12. The Kier molecular flexibility index (Phi) is 9.91. The average molecular weight is 586 g/mol. The van der Waals surface area contributed by atoms with E-state index in [1.807, 2.05) is 29.2 Å². The van der Waals surface area contributed by atoms with Crippen LogP contribution in [0.4, 0.5) is 13.6 Å². The molecule has 3 heterocycles. The summed E-state index contributed by atoms with van der Waals surface area (Å²) in [6.07, 6.45) is 3.75. The second kappa shape index (κ2) is 13.2. The third-order valence-electron chi connectivity index (χ3n) is 8.12. The molecule has 13 heteroatoms. The molecule has 2 atom stereocenters. The largest absolute Gasteiger partial charge is 0.475 e. The molecule has 2 aliphatic rings. The van der Waals surface area contributed by atoms with Crippen molar-refractivity contribution >= 4 is 30.1 Å². The predicted octanol–water partition coefficient (Wildman–Crippen LogP) is 3.42. The Labute approximate surface area is 244 Å². The van der Waals surface area contributed by atoms with E-state index >= 15 is 0 Å². The number of halogens is 2. The van der Waals surface area contributed by atoms with Crippen molar-refractivity contribution in [2.75, 3.05) is 26.2 Å². The fraction of sp³-hybridized carbons (Fsp3) is 0.552. The summed E-state index contributed by atoms with van der Waals surface area (Å²) in [4.78, 5) is 29.5. The summed E-state index contributed by atoms with van der Waals surface area (Å²) in [5.74, 6) is -4.29. The van der Waals surface area contributed by atoms with Gasteiger partial charge in [-0.2, -0.15) is 5.26 Å². The van der Waals surface area contributed by atoms with E-state index in [0.29, 0.717) is 24.1 Å². The number of para-hydroxylation sites is 1. The van der Waals surface area contributed by atoms with Gasteiger partial charge >= 0.3 is 13.2 Å². The Morgan fingerprint density at radius 1 is 1.26 bits per heavy atom. The molecule has 42 heavy (non-hydrogen) atoms. The average Bonchev–Trinajstić information content (AvgIpc) is 3.36. The molecule has 2 amide bonds.